The molecule has 11 N–H and O–H groups in total. The van der Waals surface area contributed by atoms with E-state index in [1.165, 1.54) is 4.90 Å². The Balaban J connectivity index is 2.13. The van der Waals surface area contributed by atoms with Crippen LogP contribution >= 0.6 is 0 Å². The molecular formula is C36H64N10O8. The van der Waals surface area contributed by atoms with E-state index in [1.54, 1.807) is 0 Å². The highest BCUT2D eigenvalue weighted by Crippen LogP contribution is 2.21. The van der Waals surface area contributed by atoms with Gasteiger partial charge in [0.05, 0.1) is 12.6 Å². The van der Waals surface area contributed by atoms with Gasteiger partial charge in [0.15, 0.2) is 5.96 Å². The van der Waals surface area contributed by atoms with Gasteiger partial charge in [-0.2, -0.15) is 0 Å². The monoisotopic (exact) mass is 764 g/mol. The molecule has 6 amide bonds. The summed E-state index contributed by atoms with van der Waals surface area (Å²) in [5.74, 6) is -4.54. The van der Waals surface area contributed by atoms with Crippen LogP contribution in [0.3, 0.4) is 0 Å². The lowest BCUT2D eigenvalue weighted by atomic mass is 9.98. The van der Waals surface area contributed by atoms with Crippen molar-refractivity contribution in [3.8, 4) is 0 Å². The van der Waals surface area contributed by atoms with Gasteiger partial charge < -0.3 is 53.4 Å². The molecule has 2 fully saturated rings. The van der Waals surface area contributed by atoms with Crippen LogP contribution in [0.15, 0.2) is 4.99 Å². The summed E-state index contributed by atoms with van der Waals surface area (Å²) in [5, 5.41) is 26.3. The lowest BCUT2D eigenvalue weighted by molar-refractivity contribution is -0.149. The first-order valence-corrected chi connectivity index (χ1v) is 19.2. The lowest BCUT2D eigenvalue weighted by Gasteiger charge is -2.30. The van der Waals surface area contributed by atoms with Crippen LogP contribution in [0.4, 0.5) is 0 Å². The Labute approximate surface area is 318 Å². The van der Waals surface area contributed by atoms with E-state index in [2.05, 4.69) is 36.9 Å². The van der Waals surface area contributed by atoms with Crippen LogP contribution in [-0.2, 0) is 33.6 Å². The summed E-state index contributed by atoms with van der Waals surface area (Å²) in [4.78, 5) is 97.1. The van der Waals surface area contributed by atoms with Gasteiger partial charge in [-0.05, 0) is 82.1 Å². The fraction of sp³-hybridized carbons (Fsp3) is 0.778. The van der Waals surface area contributed by atoms with Crippen molar-refractivity contribution in [2.45, 2.75) is 136 Å². The number of carboxylic acid groups (broad SMARTS) is 1. The maximum absolute atomic E-state index is 13.7. The summed E-state index contributed by atoms with van der Waals surface area (Å²) < 4.78 is 0. The zero-order valence-electron chi connectivity index (χ0n) is 32.7. The number of carbonyl (C=O) groups is 7. The summed E-state index contributed by atoms with van der Waals surface area (Å²) in [7, 11) is 0. The molecule has 6 atom stereocenters. The van der Waals surface area contributed by atoms with E-state index in [9.17, 15) is 38.7 Å². The Morgan fingerprint density at radius 2 is 1.33 bits per heavy atom. The zero-order valence-corrected chi connectivity index (χ0v) is 32.7. The third-order valence-electron chi connectivity index (χ3n) is 9.22. The number of guanidine groups is 1. The number of carbonyl (C=O) groups excluding carboxylic acids is 6. The molecule has 0 spiro atoms. The number of hydrogen-bond acceptors (Lipinski definition) is 9. The average molecular weight is 765 g/mol. The maximum Gasteiger partial charge on any atom is 0.326 e. The molecule has 0 bridgehead atoms. The minimum absolute atomic E-state index is 0.00468. The molecule has 54 heavy (non-hydrogen) atoms. The predicted octanol–water partition coefficient (Wildman–Crippen LogP) is -0.939. The highest BCUT2D eigenvalue weighted by Gasteiger charge is 2.39. The summed E-state index contributed by atoms with van der Waals surface area (Å²) >= 11 is 0. The molecule has 306 valence electrons. The third-order valence-corrected chi connectivity index (χ3v) is 9.22. The van der Waals surface area contributed by atoms with Crippen molar-refractivity contribution in [1.82, 2.24) is 36.8 Å². The van der Waals surface area contributed by atoms with E-state index in [0.717, 1.165) is 6.42 Å². The van der Waals surface area contributed by atoms with Crippen LogP contribution in [-0.4, -0.2) is 120 Å². The van der Waals surface area contributed by atoms with Crippen molar-refractivity contribution in [2.75, 3.05) is 26.2 Å². The van der Waals surface area contributed by atoms with E-state index in [4.69, 9.17) is 11.5 Å². The quantitative estimate of drug-likeness (QED) is 0.0369. The van der Waals surface area contributed by atoms with Gasteiger partial charge in [0.1, 0.15) is 30.2 Å². The number of likely N-dealkylation sites (tertiary alicyclic amines) is 1. The van der Waals surface area contributed by atoms with Crippen molar-refractivity contribution < 1.29 is 38.7 Å². The number of aliphatic carboxylic acids is 1. The van der Waals surface area contributed by atoms with E-state index < -0.39 is 78.3 Å². The maximum atomic E-state index is 13.7. The van der Waals surface area contributed by atoms with Gasteiger partial charge in [-0.1, -0.05) is 41.5 Å². The Morgan fingerprint density at radius 3 is 1.87 bits per heavy atom. The van der Waals surface area contributed by atoms with Crippen molar-refractivity contribution in [1.29, 1.82) is 0 Å². The van der Waals surface area contributed by atoms with Gasteiger partial charge in [-0.15, -0.1) is 0 Å². The number of rotatable bonds is 22. The molecule has 18 heteroatoms. The zero-order chi connectivity index (χ0) is 40.5. The number of nitrogens with one attached hydrogen (secondary N) is 6. The smallest absolute Gasteiger partial charge is 0.326 e. The van der Waals surface area contributed by atoms with Crippen molar-refractivity contribution in [3.05, 3.63) is 0 Å². The van der Waals surface area contributed by atoms with Crippen LogP contribution in [0.1, 0.15) is 99.3 Å². The van der Waals surface area contributed by atoms with Crippen molar-refractivity contribution >= 4 is 47.4 Å². The number of aliphatic imine (C=N–C) groups is 1. The molecule has 2 rings (SSSR count). The minimum atomic E-state index is -1.10. The van der Waals surface area contributed by atoms with Crippen LogP contribution in [0, 0.1) is 17.8 Å². The second-order valence-corrected chi connectivity index (χ2v) is 15.5. The molecule has 18 nitrogen and oxygen atoms in total. The lowest BCUT2D eigenvalue weighted by Crippen LogP contribution is -2.58. The molecule has 0 saturated carbocycles. The fourth-order valence-electron chi connectivity index (χ4n) is 6.62. The van der Waals surface area contributed by atoms with Crippen LogP contribution in [0.5, 0.6) is 0 Å². The first-order chi connectivity index (χ1) is 25.4. The predicted molar refractivity (Wildman–Crippen MR) is 202 cm³/mol. The Morgan fingerprint density at radius 1 is 0.759 bits per heavy atom. The molecule has 0 unspecified atom stereocenters. The summed E-state index contributed by atoms with van der Waals surface area (Å²) in [6.07, 6.45) is 3.66. The average Bonchev–Trinajstić information content (AvgIpc) is 3.80. The Bertz CT molecular complexity index is 1330. The van der Waals surface area contributed by atoms with Gasteiger partial charge >= 0.3 is 5.97 Å². The summed E-state index contributed by atoms with van der Waals surface area (Å²) in [6.45, 7) is 12.0. The molecular weight excluding hydrogens is 700 g/mol. The number of nitrogens with two attached hydrogens (primary N) is 2. The summed E-state index contributed by atoms with van der Waals surface area (Å²) in [5.41, 5.74) is 10.8. The molecule has 2 heterocycles. The van der Waals surface area contributed by atoms with E-state index in [1.807, 2.05) is 41.5 Å². The first kappa shape index (κ1) is 45.7. The normalized spacial score (nSPS) is 19.1. The van der Waals surface area contributed by atoms with E-state index >= 15 is 0 Å². The van der Waals surface area contributed by atoms with Gasteiger partial charge in [0, 0.05) is 13.1 Å². The number of hydrogen-bond donors (Lipinski definition) is 9. The fourth-order valence-corrected chi connectivity index (χ4v) is 6.62. The van der Waals surface area contributed by atoms with Gasteiger partial charge in [-0.3, -0.25) is 33.8 Å². The second kappa shape index (κ2) is 22.7. The molecule has 0 aliphatic carbocycles. The number of carboxylic acids is 1. The highest BCUT2D eigenvalue weighted by atomic mass is 16.4. The summed E-state index contributed by atoms with van der Waals surface area (Å²) in [6, 6.07) is -5.45. The highest BCUT2D eigenvalue weighted by molar-refractivity contribution is 5.96. The van der Waals surface area contributed by atoms with Gasteiger partial charge in [0.2, 0.25) is 35.4 Å². The standard InChI is InChI=1S/C36H64N10O8/c1-20(2)16-25(42-29(47)19-41-30(48)24(11-8-14-40-36(37)38)43-31(49)23-10-7-13-39-23)32(50)44-26(17-21(3)4)33(51)45-27(18-22(5)6)34(52)46-15-9-12-28(46)35(53)54/h20-28,39H,7-19H2,1-6H3,(H,41,48)(H,42,47)(H,43,49)(H,44,50)(H,45,51)(H,53,54)(H4,37,38,40)/t23-,24-,25-,26-,27-,28-/m0/s1. The van der Waals surface area contributed by atoms with Crippen molar-refractivity contribution in [2.24, 2.45) is 34.2 Å². The van der Waals surface area contributed by atoms with Crippen LogP contribution < -0.4 is 43.4 Å². The first-order valence-electron chi connectivity index (χ1n) is 19.2. The Kier molecular flexibility index (Phi) is 19.2. The number of nitrogens with zero attached hydrogens (tertiary/aromatic N) is 2. The molecule has 0 aromatic heterocycles. The van der Waals surface area contributed by atoms with Gasteiger partial charge in [0.25, 0.3) is 0 Å². The van der Waals surface area contributed by atoms with E-state index in [-0.39, 0.29) is 68.4 Å². The molecule has 0 aromatic carbocycles. The minimum Gasteiger partial charge on any atom is -0.480 e. The molecule has 2 aliphatic rings. The topological polar surface area (TPSA) is 280 Å². The molecule has 0 radical (unpaired) electrons. The largest absolute Gasteiger partial charge is 0.480 e. The SMILES string of the molecule is CC(C)C[C@H](NC(=O)CNC(=O)[C@H](CCCN=C(N)N)NC(=O)[C@@H]1CCCN1)C(=O)N[C@@H](CC(C)C)C(=O)N[C@@H](CC(C)C)C(=O)N1CCC[C@H]1C(=O)O. The molecule has 2 saturated heterocycles. The molecule has 0 aromatic rings. The van der Waals surface area contributed by atoms with Crippen LogP contribution in [0.2, 0.25) is 0 Å². The Hall–Kier alpha value is -4.48. The van der Waals surface area contributed by atoms with Gasteiger partial charge in [-0.25, -0.2) is 4.79 Å². The third kappa shape index (κ3) is 15.9. The van der Waals surface area contributed by atoms with E-state index in [0.29, 0.717) is 32.2 Å². The van der Waals surface area contributed by atoms with Crippen LogP contribution in [0.25, 0.3) is 0 Å². The molecule has 2 aliphatic heterocycles. The number of amides is 6. The van der Waals surface area contributed by atoms with Crippen molar-refractivity contribution in [3.63, 3.8) is 0 Å². The second-order valence-electron chi connectivity index (χ2n) is 15.5.